The molecule has 2 aromatic carbocycles. The molecular weight excluding hydrogens is 426 g/mol. The van der Waals surface area contributed by atoms with E-state index in [4.69, 9.17) is 0 Å². The molecule has 7 heteroatoms. The molecule has 1 fully saturated rings. The van der Waals surface area contributed by atoms with Crippen molar-refractivity contribution in [1.29, 1.82) is 0 Å². The minimum Gasteiger partial charge on any atom is -0.335 e. The van der Waals surface area contributed by atoms with Crippen LogP contribution in [0.3, 0.4) is 0 Å². The van der Waals surface area contributed by atoms with E-state index < -0.39 is 6.04 Å². The zero-order valence-corrected chi connectivity index (χ0v) is 19.1. The van der Waals surface area contributed by atoms with Gasteiger partial charge in [0.05, 0.1) is 24.1 Å². The van der Waals surface area contributed by atoms with E-state index in [-0.39, 0.29) is 11.7 Å². The molecule has 0 unspecified atom stereocenters. The largest absolute Gasteiger partial charge is 0.335 e. The zero-order chi connectivity index (χ0) is 23.5. The van der Waals surface area contributed by atoms with Crippen molar-refractivity contribution in [3.05, 3.63) is 84.6 Å². The Morgan fingerprint density at radius 3 is 2.50 bits per heavy atom. The SMILES string of the molecule is Cn1cc(-c2cnc(C(=O)[C@@H]3CCCN3C(=O)CCc3ccc(-c4ccccc4)cc3)[nH]2)cn1. The van der Waals surface area contributed by atoms with Crippen LogP contribution in [0.25, 0.3) is 22.4 Å². The third-order valence-electron chi connectivity index (χ3n) is 6.39. The first-order chi connectivity index (χ1) is 16.6. The molecule has 1 amide bonds. The molecule has 0 aliphatic carbocycles. The first-order valence-corrected chi connectivity index (χ1v) is 11.6. The van der Waals surface area contributed by atoms with Gasteiger partial charge < -0.3 is 9.88 Å². The summed E-state index contributed by atoms with van der Waals surface area (Å²) in [4.78, 5) is 35.3. The minimum absolute atomic E-state index is 0.0158. The quantitative estimate of drug-likeness (QED) is 0.423. The first-order valence-electron chi connectivity index (χ1n) is 11.6. The Morgan fingerprint density at radius 1 is 1.00 bits per heavy atom. The van der Waals surface area contributed by atoms with Crippen molar-refractivity contribution in [1.82, 2.24) is 24.6 Å². The van der Waals surface area contributed by atoms with Crippen molar-refractivity contribution in [3.63, 3.8) is 0 Å². The average molecular weight is 454 g/mol. The summed E-state index contributed by atoms with van der Waals surface area (Å²) in [6, 6.07) is 18.1. The van der Waals surface area contributed by atoms with E-state index in [0.29, 0.717) is 31.6 Å². The van der Waals surface area contributed by atoms with E-state index in [2.05, 4.69) is 51.5 Å². The number of amides is 1. The molecule has 2 aromatic heterocycles. The van der Waals surface area contributed by atoms with Crippen LogP contribution in [0.5, 0.6) is 0 Å². The third kappa shape index (κ3) is 4.55. The lowest BCUT2D eigenvalue weighted by molar-refractivity contribution is -0.131. The molecule has 0 bridgehead atoms. The number of rotatable bonds is 7. The highest BCUT2D eigenvalue weighted by atomic mass is 16.2. The number of hydrogen-bond acceptors (Lipinski definition) is 4. The maximum absolute atomic E-state index is 13.1. The number of aromatic amines is 1. The molecule has 1 aliphatic rings. The molecule has 1 aliphatic heterocycles. The molecule has 1 saturated heterocycles. The zero-order valence-electron chi connectivity index (χ0n) is 19.1. The minimum atomic E-state index is -0.458. The van der Waals surface area contributed by atoms with E-state index >= 15 is 0 Å². The van der Waals surface area contributed by atoms with Gasteiger partial charge in [0, 0.05) is 31.8 Å². The summed E-state index contributed by atoms with van der Waals surface area (Å²) in [7, 11) is 1.84. The molecule has 1 N–H and O–H groups in total. The number of nitrogens with one attached hydrogen (secondary N) is 1. The fraction of sp³-hybridized carbons (Fsp3) is 0.259. The fourth-order valence-corrected chi connectivity index (χ4v) is 4.54. The van der Waals surface area contributed by atoms with Gasteiger partial charge in [0.15, 0.2) is 5.82 Å². The van der Waals surface area contributed by atoms with Crippen LogP contribution in [-0.2, 0) is 18.3 Å². The number of Topliss-reactive ketones (excluding diaryl/α,β-unsaturated/α-hetero) is 1. The number of ketones is 1. The third-order valence-corrected chi connectivity index (χ3v) is 6.39. The number of imidazole rings is 1. The second-order valence-corrected chi connectivity index (χ2v) is 8.72. The standard InChI is InChI=1S/C27H27N5O2/c1-31-18-22(16-29-31)23-17-28-27(30-23)26(34)24-8-5-15-32(24)25(33)14-11-19-9-12-21(13-10-19)20-6-3-2-4-7-20/h2-4,6-7,9-10,12-13,16-18,24H,5,8,11,14-15H2,1H3,(H,28,30)/t24-/m0/s1. The lowest BCUT2D eigenvalue weighted by Crippen LogP contribution is -2.41. The summed E-state index contributed by atoms with van der Waals surface area (Å²) in [5.41, 5.74) is 5.05. The number of likely N-dealkylation sites (tertiary alicyclic amines) is 1. The molecule has 0 saturated carbocycles. The highest BCUT2D eigenvalue weighted by molar-refractivity contribution is 6.00. The monoisotopic (exact) mass is 453 g/mol. The van der Waals surface area contributed by atoms with Gasteiger partial charge in [-0.05, 0) is 36.0 Å². The van der Waals surface area contributed by atoms with E-state index in [1.165, 1.54) is 5.56 Å². The number of carbonyl (C=O) groups is 2. The second kappa shape index (κ2) is 9.47. The number of benzene rings is 2. The number of H-pyrrole nitrogens is 1. The molecule has 7 nitrogen and oxygen atoms in total. The van der Waals surface area contributed by atoms with Crippen LogP contribution in [0.1, 0.15) is 35.4 Å². The lowest BCUT2D eigenvalue weighted by atomic mass is 10.0. The van der Waals surface area contributed by atoms with Crippen LogP contribution in [-0.4, -0.2) is 48.9 Å². The Hall–Kier alpha value is -4.00. The lowest BCUT2D eigenvalue weighted by Gasteiger charge is -2.23. The fourth-order valence-electron chi connectivity index (χ4n) is 4.54. The van der Waals surface area contributed by atoms with Crippen molar-refractivity contribution < 1.29 is 9.59 Å². The Morgan fingerprint density at radius 2 is 1.76 bits per heavy atom. The van der Waals surface area contributed by atoms with Gasteiger partial charge in [-0.1, -0.05) is 54.6 Å². The highest BCUT2D eigenvalue weighted by Crippen LogP contribution is 2.24. The molecule has 5 rings (SSSR count). The number of aryl methyl sites for hydroxylation is 2. The van der Waals surface area contributed by atoms with Crippen LogP contribution < -0.4 is 0 Å². The van der Waals surface area contributed by atoms with Crippen molar-refractivity contribution in [3.8, 4) is 22.4 Å². The smallest absolute Gasteiger partial charge is 0.223 e. The second-order valence-electron chi connectivity index (χ2n) is 8.72. The molecule has 172 valence electrons. The van der Waals surface area contributed by atoms with Crippen molar-refractivity contribution in [2.75, 3.05) is 6.54 Å². The van der Waals surface area contributed by atoms with Crippen LogP contribution in [0.4, 0.5) is 0 Å². The highest BCUT2D eigenvalue weighted by Gasteiger charge is 2.35. The maximum Gasteiger partial charge on any atom is 0.223 e. The molecule has 0 spiro atoms. The number of aromatic nitrogens is 4. The van der Waals surface area contributed by atoms with Gasteiger partial charge in [0.1, 0.15) is 0 Å². The van der Waals surface area contributed by atoms with Gasteiger partial charge in [-0.15, -0.1) is 0 Å². The number of nitrogens with zero attached hydrogens (tertiary/aromatic N) is 4. The molecular formula is C27H27N5O2. The molecule has 0 radical (unpaired) electrons. The van der Waals surface area contributed by atoms with E-state index in [1.807, 2.05) is 31.4 Å². The van der Waals surface area contributed by atoms with Gasteiger partial charge in [0.2, 0.25) is 11.7 Å². The van der Waals surface area contributed by atoms with Crippen LogP contribution in [0.2, 0.25) is 0 Å². The molecule has 1 atom stereocenters. The predicted octanol–water partition coefficient (Wildman–Crippen LogP) is 4.28. The summed E-state index contributed by atoms with van der Waals surface area (Å²) in [5, 5.41) is 4.16. The normalized spacial score (nSPS) is 15.6. The van der Waals surface area contributed by atoms with E-state index in [1.54, 1.807) is 22.0 Å². The van der Waals surface area contributed by atoms with Crippen LogP contribution in [0, 0.1) is 0 Å². The molecule has 34 heavy (non-hydrogen) atoms. The Labute approximate surface area is 198 Å². The predicted molar refractivity (Wildman–Crippen MR) is 130 cm³/mol. The van der Waals surface area contributed by atoms with Crippen molar-refractivity contribution in [2.45, 2.75) is 31.7 Å². The van der Waals surface area contributed by atoms with E-state index in [0.717, 1.165) is 28.8 Å². The topological polar surface area (TPSA) is 83.9 Å². The summed E-state index contributed by atoms with van der Waals surface area (Å²) in [5.74, 6) is 0.176. The average Bonchev–Trinajstić information content (AvgIpc) is 3.63. The Balaban J connectivity index is 1.21. The summed E-state index contributed by atoms with van der Waals surface area (Å²) in [6.07, 6.45) is 7.75. The molecule has 3 heterocycles. The first kappa shape index (κ1) is 21.8. The van der Waals surface area contributed by atoms with Crippen LogP contribution in [0.15, 0.2) is 73.2 Å². The van der Waals surface area contributed by atoms with Crippen LogP contribution >= 0.6 is 0 Å². The van der Waals surface area contributed by atoms with Gasteiger partial charge in [-0.25, -0.2) is 4.98 Å². The van der Waals surface area contributed by atoms with Gasteiger partial charge in [-0.2, -0.15) is 5.10 Å². The maximum atomic E-state index is 13.1. The molecule has 4 aromatic rings. The Kier molecular flexibility index (Phi) is 6.08. The van der Waals surface area contributed by atoms with Gasteiger partial charge in [-0.3, -0.25) is 14.3 Å². The number of carbonyl (C=O) groups excluding carboxylic acids is 2. The van der Waals surface area contributed by atoms with Gasteiger partial charge >= 0.3 is 0 Å². The summed E-state index contributed by atoms with van der Waals surface area (Å²) in [6.45, 7) is 0.609. The van der Waals surface area contributed by atoms with E-state index in [9.17, 15) is 9.59 Å². The van der Waals surface area contributed by atoms with Crippen molar-refractivity contribution >= 4 is 11.7 Å². The van der Waals surface area contributed by atoms with Crippen molar-refractivity contribution in [2.24, 2.45) is 7.05 Å². The summed E-state index contributed by atoms with van der Waals surface area (Å²) < 4.78 is 1.70. The number of hydrogen-bond donors (Lipinski definition) is 1. The van der Waals surface area contributed by atoms with Gasteiger partial charge in [0.25, 0.3) is 0 Å². The summed E-state index contributed by atoms with van der Waals surface area (Å²) >= 11 is 0. The Bertz CT molecular complexity index is 1290.